The molecule has 0 saturated carbocycles. The van der Waals surface area contributed by atoms with Crippen LogP contribution in [0.4, 0.5) is 5.69 Å². The smallest absolute Gasteiger partial charge is 0.311 e. The third-order valence-corrected chi connectivity index (χ3v) is 2.68. The third kappa shape index (κ3) is 5.71. The number of hydrogen-bond donors (Lipinski definition) is 1. The number of carbonyl (C=O) groups is 1. The van der Waals surface area contributed by atoms with Gasteiger partial charge in [0.25, 0.3) is 0 Å². The van der Waals surface area contributed by atoms with Crippen molar-refractivity contribution in [2.24, 2.45) is 0 Å². The van der Waals surface area contributed by atoms with Gasteiger partial charge in [-0.25, -0.2) is 0 Å². The van der Waals surface area contributed by atoms with E-state index in [0.29, 0.717) is 12.2 Å². The number of anilines is 1. The van der Waals surface area contributed by atoms with Crippen LogP contribution in [-0.4, -0.2) is 12.5 Å². The summed E-state index contributed by atoms with van der Waals surface area (Å²) in [4.78, 5) is 11.4. The second-order valence-electron chi connectivity index (χ2n) is 4.38. The summed E-state index contributed by atoms with van der Waals surface area (Å²) in [7, 11) is 0. The minimum absolute atomic E-state index is 0.149. The van der Waals surface area contributed by atoms with E-state index in [9.17, 15) is 4.79 Å². The summed E-state index contributed by atoms with van der Waals surface area (Å²) >= 11 is 0. The van der Waals surface area contributed by atoms with Crippen LogP contribution >= 0.6 is 0 Å². The molecule has 0 bridgehead atoms. The zero-order valence-corrected chi connectivity index (χ0v) is 11.4. The Labute approximate surface area is 110 Å². The molecule has 0 aliphatic rings. The molecular formula is C15H23NO2. The lowest BCUT2D eigenvalue weighted by Gasteiger charge is -2.07. The zero-order chi connectivity index (χ0) is 13.2. The lowest BCUT2D eigenvalue weighted by molar-refractivity contribution is -0.134. The quantitative estimate of drug-likeness (QED) is 0.430. The summed E-state index contributed by atoms with van der Waals surface area (Å²) < 4.78 is 5.23. The molecule has 0 radical (unpaired) electrons. The SMILES string of the molecule is CCCCNc1ccc(OC(=O)CCCC)cc1. The molecule has 0 amide bonds. The first-order chi connectivity index (χ1) is 8.76. The third-order valence-electron chi connectivity index (χ3n) is 2.68. The summed E-state index contributed by atoms with van der Waals surface area (Å²) in [6, 6.07) is 7.55. The van der Waals surface area contributed by atoms with Gasteiger partial charge in [0, 0.05) is 18.7 Å². The molecule has 1 aromatic carbocycles. The van der Waals surface area contributed by atoms with E-state index in [-0.39, 0.29) is 5.97 Å². The lowest BCUT2D eigenvalue weighted by atomic mass is 10.2. The first-order valence-electron chi connectivity index (χ1n) is 6.81. The van der Waals surface area contributed by atoms with Gasteiger partial charge < -0.3 is 10.1 Å². The van der Waals surface area contributed by atoms with E-state index >= 15 is 0 Å². The minimum Gasteiger partial charge on any atom is -0.427 e. The Morgan fingerprint density at radius 2 is 1.78 bits per heavy atom. The monoisotopic (exact) mass is 249 g/mol. The fraction of sp³-hybridized carbons (Fsp3) is 0.533. The maximum absolute atomic E-state index is 11.4. The number of hydrogen-bond acceptors (Lipinski definition) is 3. The van der Waals surface area contributed by atoms with Crippen molar-refractivity contribution in [2.45, 2.75) is 46.0 Å². The molecule has 1 aromatic rings. The number of esters is 1. The number of carbonyl (C=O) groups excluding carboxylic acids is 1. The molecule has 0 aliphatic carbocycles. The molecule has 1 N–H and O–H groups in total. The Balaban J connectivity index is 2.37. The van der Waals surface area contributed by atoms with Gasteiger partial charge in [-0.3, -0.25) is 4.79 Å². The molecule has 0 atom stereocenters. The van der Waals surface area contributed by atoms with Crippen molar-refractivity contribution >= 4 is 11.7 Å². The van der Waals surface area contributed by atoms with Crippen molar-refractivity contribution in [3.8, 4) is 5.75 Å². The van der Waals surface area contributed by atoms with E-state index in [1.165, 1.54) is 6.42 Å². The molecule has 3 nitrogen and oxygen atoms in total. The van der Waals surface area contributed by atoms with Crippen LogP contribution in [0.15, 0.2) is 24.3 Å². The highest BCUT2D eigenvalue weighted by Gasteiger charge is 2.03. The molecule has 0 heterocycles. The maximum Gasteiger partial charge on any atom is 0.311 e. The Bertz CT molecular complexity index is 346. The van der Waals surface area contributed by atoms with Gasteiger partial charge in [0.15, 0.2) is 0 Å². The van der Waals surface area contributed by atoms with Crippen molar-refractivity contribution in [1.82, 2.24) is 0 Å². The largest absolute Gasteiger partial charge is 0.427 e. The summed E-state index contributed by atoms with van der Waals surface area (Å²) in [6.07, 6.45) is 4.73. The molecule has 0 unspecified atom stereocenters. The van der Waals surface area contributed by atoms with Crippen molar-refractivity contribution in [1.29, 1.82) is 0 Å². The predicted octanol–water partition coefficient (Wildman–Crippen LogP) is 3.99. The van der Waals surface area contributed by atoms with Crippen LogP contribution < -0.4 is 10.1 Å². The van der Waals surface area contributed by atoms with Gasteiger partial charge in [-0.2, -0.15) is 0 Å². The molecule has 100 valence electrons. The molecule has 0 saturated heterocycles. The summed E-state index contributed by atoms with van der Waals surface area (Å²) in [5.41, 5.74) is 1.07. The number of nitrogens with one attached hydrogen (secondary N) is 1. The van der Waals surface area contributed by atoms with Crippen molar-refractivity contribution in [3.63, 3.8) is 0 Å². The van der Waals surface area contributed by atoms with Gasteiger partial charge in [-0.15, -0.1) is 0 Å². The number of unbranched alkanes of at least 4 members (excludes halogenated alkanes) is 2. The summed E-state index contributed by atoms with van der Waals surface area (Å²) in [5, 5.41) is 3.32. The zero-order valence-electron chi connectivity index (χ0n) is 11.4. The standard InChI is InChI=1S/C15H23NO2/c1-3-5-7-15(17)18-14-10-8-13(9-11-14)16-12-6-4-2/h8-11,16H,3-7,12H2,1-2H3. The van der Waals surface area contributed by atoms with Crippen LogP contribution in [0.1, 0.15) is 46.0 Å². The van der Waals surface area contributed by atoms with Crippen LogP contribution in [0.5, 0.6) is 5.75 Å². The molecule has 0 aromatic heterocycles. The van der Waals surface area contributed by atoms with Crippen molar-refractivity contribution < 1.29 is 9.53 Å². The number of benzene rings is 1. The fourth-order valence-corrected chi connectivity index (χ4v) is 1.55. The number of ether oxygens (including phenoxy) is 1. The maximum atomic E-state index is 11.4. The van der Waals surface area contributed by atoms with Crippen LogP contribution in [0, 0.1) is 0 Å². The second kappa shape index (κ2) is 8.56. The normalized spacial score (nSPS) is 10.1. The fourth-order valence-electron chi connectivity index (χ4n) is 1.55. The predicted molar refractivity (Wildman–Crippen MR) is 75.0 cm³/mol. The molecule has 1 rings (SSSR count). The van der Waals surface area contributed by atoms with Crippen LogP contribution in [0.25, 0.3) is 0 Å². The van der Waals surface area contributed by atoms with E-state index < -0.39 is 0 Å². The van der Waals surface area contributed by atoms with Gasteiger partial charge in [-0.05, 0) is 37.1 Å². The first-order valence-corrected chi connectivity index (χ1v) is 6.81. The van der Waals surface area contributed by atoms with Crippen molar-refractivity contribution in [3.05, 3.63) is 24.3 Å². The van der Waals surface area contributed by atoms with Gasteiger partial charge in [0.1, 0.15) is 5.75 Å². The Hall–Kier alpha value is -1.51. The highest BCUT2D eigenvalue weighted by Crippen LogP contribution is 2.16. The lowest BCUT2D eigenvalue weighted by Crippen LogP contribution is -2.07. The average molecular weight is 249 g/mol. The van der Waals surface area contributed by atoms with E-state index in [4.69, 9.17) is 4.74 Å². The van der Waals surface area contributed by atoms with E-state index in [1.807, 2.05) is 24.3 Å². The minimum atomic E-state index is -0.149. The molecule has 3 heteroatoms. The highest BCUT2D eigenvalue weighted by atomic mass is 16.5. The Kier molecular flexibility index (Phi) is 6.92. The molecule has 0 spiro atoms. The molecular weight excluding hydrogens is 226 g/mol. The summed E-state index contributed by atoms with van der Waals surface area (Å²) in [5.74, 6) is 0.473. The Morgan fingerprint density at radius 1 is 1.11 bits per heavy atom. The van der Waals surface area contributed by atoms with Crippen LogP contribution in [0.2, 0.25) is 0 Å². The van der Waals surface area contributed by atoms with E-state index in [1.54, 1.807) is 0 Å². The molecule has 0 fully saturated rings. The van der Waals surface area contributed by atoms with E-state index in [0.717, 1.165) is 31.5 Å². The van der Waals surface area contributed by atoms with Gasteiger partial charge in [-0.1, -0.05) is 26.7 Å². The first kappa shape index (κ1) is 14.6. The van der Waals surface area contributed by atoms with Crippen LogP contribution in [-0.2, 0) is 4.79 Å². The van der Waals surface area contributed by atoms with Gasteiger partial charge >= 0.3 is 5.97 Å². The number of rotatable bonds is 8. The molecule has 18 heavy (non-hydrogen) atoms. The Morgan fingerprint density at radius 3 is 2.39 bits per heavy atom. The van der Waals surface area contributed by atoms with Gasteiger partial charge in [0.2, 0.25) is 0 Å². The highest BCUT2D eigenvalue weighted by molar-refractivity contribution is 5.72. The summed E-state index contributed by atoms with van der Waals surface area (Å²) in [6.45, 7) is 5.21. The molecule has 0 aliphatic heterocycles. The van der Waals surface area contributed by atoms with Crippen LogP contribution in [0.3, 0.4) is 0 Å². The van der Waals surface area contributed by atoms with E-state index in [2.05, 4.69) is 19.2 Å². The van der Waals surface area contributed by atoms with Crippen molar-refractivity contribution in [2.75, 3.05) is 11.9 Å². The topological polar surface area (TPSA) is 38.3 Å². The second-order valence-corrected chi connectivity index (χ2v) is 4.38. The average Bonchev–Trinajstić information content (AvgIpc) is 2.39. The van der Waals surface area contributed by atoms with Gasteiger partial charge in [0.05, 0.1) is 0 Å².